The molecule has 0 bridgehead atoms. The summed E-state index contributed by atoms with van der Waals surface area (Å²) in [4.78, 5) is 24.9. The van der Waals surface area contributed by atoms with Crippen molar-refractivity contribution in [3.8, 4) is 0 Å². The zero-order valence-electron chi connectivity index (χ0n) is 12.9. The highest BCUT2D eigenvalue weighted by molar-refractivity contribution is 6.30. The number of aromatic nitrogens is 2. The molecule has 0 amide bonds. The lowest BCUT2D eigenvalue weighted by Crippen LogP contribution is -2.35. The molecule has 27 heavy (non-hydrogen) atoms. The molecule has 3 rings (SSSR count). The summed E-state index contributed by atoms with van der Waals surface area (Å²) in [7, 11) is 0. The van der Waals surface area contributed by atoms with Gasteiger partial charge in [0.25, 0.3) is 11.3 Å². The van der Waals surface area contributed by atoms with Crippen molar-refractivity contribution in [1.82, 2.24) is 4.73 Å². The van der Waals surface area contributed by atoms with E-state index >= 15 is 0 Å². The van der Waals surface area contributed by atoms with Crippen molar-refractivity contribution in [3.63, 3.8) is 0 Å². The number of hydrogen-bond acceptors (Lipinski definition) is 3. The maximum atomic E-state index is 13.4. The van der Waals surface area contributed by atoms with Gasteiger partial charge < -0.3 is 9.94 Å². The molecule has 0 aliphatic heterocycles. The molecule has 5 nitrogen and oxygen atoms in total. The van der Waals surface area contributed by atoms with Gasteiger partial charge in [-0.3, -0.25) is 4.79 Å². The Balaban J connectivity index is 2.45. The Morgan fingerprint density at radius 2 is 1.63 bits per heavy atom. The predicted octanol–water partition coefficient (Wildman–Crippen LogP) is 4.08. The second-order valence-electron chi connectivity index (χ2n) is 5.37. The number of halogens is 6. The molecule has 140 valence electrons. The number of carbonyl (C=O) groups excluding carboxylic acids is 1. The summed E-state index contributed by atoms with van der Waals surface area (Å²) in [5, 5.41) is 12.4. The Labute approximate surface area is 151 Å². The van der Waals surface area contributed by atoms with Gasteiger partial charge in [-0.05, 0) is 24.3 Å². The molecule has 0 fully saturated rings. The van der Waals surface area contributed by atoms with Crippen molar-refractivity contribution in [2.45, 2.75) is 6.18 Å². The lowest BCUT2D eigenvalue weighted by Gasteiger charge is -2.20. The van der Waals surface area contributed by atoms with Gasteiger partial charge >= 0.3 is 11.9 Å². The zero-order chi connectivity index (χ0) is 20.1. The van der Waals surface area contributed by atoms with Crippen LogP contribution in [0.3, 0.4) is 0 Å². The number of carbonyl (C=O) groups is 1. The van der Waals surface area contributed by atoms with Gasteiger partial charge in [0.1, 0.15) is 5.52 Å². The summed E-state index contributed by atoms with van der Waals surface area (Å²) in [5.41, 5.74) is -6.09. The molecule has 0 saturated heterocycles. The summed E-state index contributed by atoms with van der Waals surface area (Å²) in [6.45, 7) is 0. The van der Waals surface area contributed by atoms with Crippen LogP contribution < -0.4 is 4.43 Å². The largest absolute Gasteiger partial charge is 0.805 e. The fraction of sp³-hybridized carbons (Fsp3) is 0.0625. The molecule has 0 saturated carbocycles. The first-order chi connectivity index (χ1) is 12.5. The van der Waals surface area contributed by atoms with Gasteiger partial charge in [0.15, 0.2) is 11.6 Å². The number of alkyl halides is 3. The minimum atomic E-state index is -5.43. The van der Waals surface area contributed by atoms with Crippen LogP contribution in [0.4, 0.5) is 22.0 Å². The topological polar surface area (TPSA) is 68.0 Å². The van der Waals surface area contributed by atoms with E-state index in [1.165, 1.54) is 12.1 Å². The third kappa shape index (κ3) is 3.12. The SMILES string of the molecule is O=C(c1ccc(Cl)cc1)c1c(C(F)(F)F)n([O-])c2cc(F)c(F)cc2[n+]1=O. The average molecular weight is 405 g/mol. The first kappa shape index (κ1) is 18.8. The first-order valence-corrected chi connectivity index (χ1v) is 7.45. The fourth-order valence-electron chi connectivity index (χ4n) is 2.47. The Hall–Kier alpha value is -3.01. The Bertz CT molecular complexity index is 1140. The molecular formula is C16H6ClF5N2O3. The van der Waals surface area contributed by atoms with Gasteiger partial charge in [-0.15, -0.1) is 0 Å². The van der Waals surface area contributed by atoms with Crippen LogP contribution in [0.2, 0.25) is 5.02 Å². The van der Waals surface area contributed by atoms with E-state index in [1.807, 2.05) is 0 Å². The Morgan fingerprint density at radius 3 is 2.19 bits per heavy atom. The molecule has 0 spiro atoms. The molecule has 0 atom stereocenters. The summed E-state index contributed by atoms with van der Waals surface area (Å²) in [5.74, 6) is -4.64. The molecular weight excluding hydrogens is 399 g/mol. The van der Waals surface area contributed by atoms with Crippen LogP contribution in [0.5, 0.6) is 0 Å². The van der Waals surface area contributed by atoms with Crippen molar-refractivity contribution in [2.75, 3.05) is 0 Å². The summed E-state index contributed by atoms with van der Waals surface area (Å²) in [6.07, 6.45) is -5.43. The second kappa shape index (κ2) is 6.31. The third-order valence-corrected chi connectivity index (χ3v) is 3.93. The van der Waals surface area contributed by atoms with Crippen molar-refractivity contribution in [1.29, 1.82) is 0 Å². The average Bonchev–Trinajstić information content (AvgIpc) is 2.58. The maximum absolute atomic E-state index is 13.4. The van der Waals surface area contributed by atoms with E-state index < -0.39 is 55.2 Å². The van der Waals surface area contributed by atoms with Crippen LogP contribution in [-0.4, -0.2) is 10.5 Å². The smallest absolute Gasteiger partial charge is 0.438 e. The number of benzene rings is 2. The van der Waals surface area contributed by atoms with Gasteiger partial charge in [-0.25, -0.2) is 8.78 Å². The van der Waals surface area contributed by atoms with Crippen LogP contribution in [0, 0.1) is 21.7 Å². The highest BCUT2D eigenvalue weighted by atomic mass is 35.5. The van der Waals surface area contributed by atoms with E-state index in [4.69, 9.17) is 11.6 Å². The van der Waals surface area contributed by atoms with Crippen molar-refractivity contribution >= 4 is 28.4 Å². The van der Waals surface area contributed by atoms with Crippen molar-refractivity contribution < 1.29 is 31.2 Å². The van der Waals surface area contributed by atoms with Gasteiger partial charge in [-0.2, -0.15) is 13.2 Å². The minimum absolute atomic E-state index is 0.151. The minimum Gasteiger partial charge on any atom is -0.805 e. The molecule has 0 aliphatic rings. The van der Waals surface area contributed by atoms with Gasteiger partial charge in [0, 0.05) is 21.6 Å². The molecule has 1 aromatic heterocycles. The number of nitrogens with zero attached hydrogens (tertiary/aromatic N) is 2. The molecule has 0 aliphatic carbocycles. The molecule has 1 heterocycles. The normalized spacial score (nSPS) is 11.8. The molecule has 3 aromatic rings. The lowest BCUT2D eigenvalue weighted by molar-refractivity contribution is -0.470. The van der Waals surface area contributed by atoms with Crippen LogP contribution >= 0.6 is 11.6 Å². The van der Waals surface area contributed by atoms with E-state index in [9.17, 15) is 36.9 Å². The van der Waals surface area contributed by atoms with Gasteiger partial charge in [0.2, 0.25) is 5.69 Å². The summed E-state index contributed by atoms with van der Waals surface area (Å²) >= 11 is 5.64. The first-order valence-electron chi connectivity index (χ1n) is 7.07. The van der Waals surface area contributed by atoms with Crippen molar-refractivity contribution in [2.24, 2.45) is 0 Å². The lowest BCUT2D eigenvalue weighted by atomic mass is 10.1. The van der Waals surface area contributed by atoms with Gasteiger partial charge in [-0.1, -0.05) is 11.6 Å². The maximum Gasteiger partial charge on any atom is 0.438 e. The quantitative estimate of drug-likeness (QED) is 0.367. The Morgan fingerprint density at radius 1 is 1.07 bits per heavy atom. The van der Waals surface area contributed by atoms with Crippen LogP contribution in [-0.2, 0) is 6.18 Å². The number of hydrogen-bond donors (Lipinski definition) is 0. The third-order valence-electron chi connectivity index (χ3n) is 3.68. The fourth-order valence-corrected chi connectivity index (χ4v) is 2.60. The molecule has 11 heteroatoms. The Kier molecular flexibility index (Phi) is 4.38. The van der Waals surface area contributed by atoms with E-state index in [-0.39, 0.29) is 22.7 Å². The van der Waals surface area contributed by atoms with Crippen LogP contribution in [0.1, 0.15) is 21.7 Å². The van der Waals surface area contributed by atoms with Crippen molar-refractivity contribution in [3.05, 3.63) is 80.1 Å². The van der Waals surface area contributed by atoms with E-state index in [1.54, 1.807) is 0 Å². The van der Waals surface area contributed by atoms with Gasteiger partial charge in [0.05, 0.1) is 10.5 Å². The number of fused-ring (bicyclic) bond motifs is 1. The molecule has 0 unspecified atom stereocenters. The molecule has 2 aromatic carbocycles. The van der Waals surface area contributed by atoms with Crippen LogP contribution in [0.25, 0.3) is 11.0 Å². The predicted molar refractivity (Wildman–Crippen MR) is 83.9 cm³/mol. The number of rotatable bonds is 2. The molecule has 0 N–H and O–H groups in total. The van der Waals surface area contributed by atoms with Crippen LogP contribution in [0.15, 0.2) is 36.4 Å². The highest BCUT2D eigenvalue weighted by Gasteiger charge is 2.45. The standard InChI is InChI=1S/C16H6ClF5N2O3/c17-8-3-1-7(2-4-8)14(25)13-15(16(20,21)22)24(27)12-6-10(19)9(18)5-11(12)23(13)26/h1-6H. The summed E-state index contributed by atoms with van der Waals surface area (Å²) < 4.78 is 65.7. The monoisotopic (exact) mass is 404 g/mol. The highest BCUT2D eigenvalue weighted by Crippen LogP contribution is 2.33. The molecule has 0 radical (unpaired) electrons. The van der Waals surface area contributed by atoms with E-state index in [0.29, 0.717) is 0 Å². The summed E-state index contributed by atoms with van der Waals surface area (Å²) in [6, 6.07) is 4.88. The second-order valence-corrected chi connectivity index (χ2v) is 5.81. The zero-order valence-corrected chi connectivity index (χ0v) is 13.6. The van der Waals surface area contributed by atoms with E-state index in [2.05, 4.69) is 0 Å². The number of ketones is 1. The van der Waals surface area contributed by atoms with E-state index in [0.717, 1.165) is 12.1 Å².